The minimum atomic E-state index is -3.70. The summed E-state index contributed by atoms with van der Waals surface area (Å²) >= 11 is 1.22. The van der Waals surface area contributed by atoms with Crippen molar-refractivity contribution in [2.24, 2.45) is 10.7 Å². The Labute approximate surface area is 202 Å². The molecule has 1 saturated heterocycles. The number of fused-ring (bicyclic) bond motifs is 1. The van der Waals surface area contributed by atoms with Gasteiger partial charge in [0.15, 0.2) is 0 Å². The van der Waals surface area contributed by atoms with E-state index >= 15 is 4.39 Å². The second-order valence-corrected chi connectivity index (χ2v) is 12.1. The quantitative estimate of drug-likeness (QED) is 0.592. The summed E-state index contributed by atoms with van der Waals surface area (Å²) in [7, 11) is -0.234. The third-order valence-corrected chi connectivity index (χ3v) is 10.0. The summed E-state index contributed by atoms with van der Waals surface area (Å²) in [5.74, 6) is -0.0227. The molecule has 34 heavy (non-hydrogen) atoms. The highest BCUT2D eigenvalue weighted by atomic mass is 32.2. The van der Waals surface area contributed by atoms with Gasteiger partial charge >= 0.3 is 0 Å². The number of halogens is 1. The van der Waals surface area contributed by atoms with E-state index in [4.69, 9.17) is 5.73 Å². The summed E-state index contributed by atoms with van der Waals surface area (Å²) < 4.78 is 42.5. The van der Waals surface area contributed by atoms with Crippen molar-refractivity contribution in [1.29, 1.82) is 0 Å². The van der Waals surface area contributed by atoms with Gasteiger partial charge in [-0.1, -0.05) is 18.2 Å². The average molecular weight is 503 g/mol. The van der Waals surface area contributed by atoms with Gasteiger partial charge < -0.3 is 15.5 Å². The molecule has 3 aromatic rings. The minimum absolute atomic E-state index is 0.144. The molecule has 1 atom stereocenters. The van der Waals surface area contributed by atoms with Crippen LogP contribution in [0.15, 0.2) is 41.5 Å². The molecule has 1 unspecified atom stereocenters. The Kier molecular flexibility index (Phi) is 5.53. The molecule has 1 fully saturated rings. The largest absolute Gasteiger partial charge is 0.369 e. The number of anilines is 1. The molecule has 0 aliphatic carbocycles. The Balaban J connectivity index is 1.55. The number of hydrogen-bond acceptors (Lipinski definition) is 8. The number of aromatic nitrogens is 1. The number of thiophene rings is 1. The molecular weight excluding hydrogens is 475 g/mol. The first-order chi connectivity index (χ1) is 16.1. The zero-order valence-electron chi connectivity index (χ0n) is 19.3. The maximum absolute atomic E-state index is 15.6. The molecule has 2 aliphatic rings. The molecule has 8 nitrogen and oxygen atoms in total. The lowest BCUT2D eigenvalue weighted by Gasteiger charge is -2.33. The Morgan fingerprint density at radius 3 is 2.50 bits per heavy atom. The highest BCUT2D eigenvalue weighted by molar-refractivity contribution is 7.89. The van der Waals surface area contributed by atoms with E-state index in [-0.39, 0.29) is 16.6 Å². The summed E-state index contributed by atoms with van der Waals surface area (Å²) in [5, 5.41) is 0.437. The van der Waals surface area contributed by atoms with Gasteiger partial charge in [0.1, 0.15) is 17.2 Å². The lowest BCUT2D eigenvalue weighted by molar-refractivity contribution is 0.312. The van der Waals surface area contributed by atoms with Gasteiger partial charge in [0.25, 0.3) is 0 Å². The molecule has 0 bridgehead atoms. The third kappa shape index (κ3) is 3.81. The predicted octanol–water partition coefficient (Wildman–Crippen LogP) is 2.66. The van der Waals surface area contributed by atoms with Crippen LogP contribution >= 0.6 is 11.3 Å². The van der Waals surface area contributed by atoms with Crippen LogP contribution in [0.5, 0.6) is 0 Å². The predicted molar refractivity (Wildman–Crippen MR) is 135 cm³/mol. The molecule has 2 N–H and O–H groups in total. The number of piperazine rings is 1. The third-order valence-electron chi connectivity index (χ3n) is 6.59. The van der Waals surface area contributed by atoms with Crippen LogP contribution in [-0.4, -0.2) is 74.6 Å². The molecule has 2 aliphatic heterocycles. The number of likely N-dealkylation sites (N-methyl/N-ethyl adjacent to an activating group) is 1. The zero-order chi connectivity index (χ0) is 24.3. The molecule has 2 aromatic heterocycles. The van der Waals surface area contributed by atoms with Gasteiger partial charge in [0, 0.05) is 60.6 Å². The van der Waals surface area contributed by atoms with Crippen molar-refractivity contribution in [3.8, 4) is 11.1 Å². The van der Waals surface area contributed by atoms with Crippen molar-refractivity contribution >= 4 is 43.2 Å². The Morgan fingerprint density at radius 1 is 1.12 bits per heavy atom. The minimum Gasteiger partial charge on any atom is -0.369 e. The van der Waals surface area contributed by atoms with Crippen LogP contribution in [0.2, 0.25) is 0 Å². The standard InChI is InChI=1S/C23H27FN6O2S2/c1-23(14-34(31,32)29(3)22(25)27-23)21-19(24)17-6-4-5-16(20(17)33-21)15-7-8-18(26-13-15)30-11-9-28(2)10-12-30/h4-8,13H,9-12,14H2,1-3H3,(H2,25,27). The van der Waals surface area contributed by atoms with E-state index < -0.39 is 21.4 Å². The van der Waals surface area contributed by atoms with Crippen LogP contribution in [-0.2, 0) is 15.6 Å². The molecule has 0 radical (unpaired) electrons. The SMILES string of the molecule is CN1CCN(c2ccc(-c3cccc4c(F)c(C5(C)CS(=O)(=O)N(C)C(N)=N5)sc34)cn2)CC1. The van der Waals surface area contributed by atoms with Gasteiger partial charge in [-0.05, 0) is 26.1 Å². The number of pyridine rings is 1. The van der Waals surface area contributed by atoms with Gasteiger partial charge in [0.05, 0.1) is 10.6 Å². The Bertz CT molecular complexity index is 1380. The van der Waals surface area contributed by atoms with Crippen molar-refractivity contribution in [1.82, 2.24) is 14.2 Å². The van der Waals surface area contributed by atoms with Crippen molar-refractivity contribution in [3.05, 3.63) is 47.2 Å². The molecule has 11 heteroatoms. The maximum atomic E-state index is 15.6. The van der Waals surface area contributed by atoms with E-state index in [1.54, 1.807) is 19.1 Å². The van der Waals surface area contributed by atoms with Crippen molar-refractivity contribution in [2.75, 3.05) is 50.9 Å². The van der Waals surface area contributed by atoms with Crippen molar-refractivity contribution in [2.45, 2.75) is 12.5 Å². The van der Waals surface area contributed by atoms with Gasteiger partial charge in [-0.3, -0.25) is 0 Å². The van der Waals surface area contributed by atoms with Crippen LogP contribution < -0.4 is 10.6 Å². The van der Waals surface area contributed by atoms with Gasteiger partial charge in [-0.25, -0.2) is 27.1 Å². The molecule has 1 aromatic carbocycles. The number of rotatable bonds is 3. The summed E-state index contributed by atoms with van der Waals surface area (Å²) in [5.41, 5.74) is 6.30. The fourth-order valence-corrected chi connectivity index (χ4v) is 7.33. The number of guanidine groups is 1. The fraction of sp³-hybridized carbons (Fsp3) is 0.391. The van der Waals surface area contributed by atoms with Gasteiger partial charge in [0.2, 0.25) is 16.0 Å². The summed E-state index contributed by atoms with van der Waals surface area (Å²) in [6.07, 6.45) is 1.82. The van der Waals surface area contributed by atoms with Gasteiger partial charge in [-0.15, -0.1) is 11.3 Å². The van der Waals surface area contributed by atoms with Crippen molar-refractivity contribution in [3.63, 3.8) is 0 Å². The van der Waals surface area contributed by atoms with Crippen LogP contribution in [0.1, 0.15) is 11.8 Å². The van der Waals surface area contributed by atoms with Crippen LogP contribution in [0.25, 0.3) is 21.2 Å². The van der Waals surface area contributed by atoms with E-state index in [9.17, 15) is 8.42 Å². The maximum Gasteiger partial charge on any atom is 0.239 e. The van der Waals surface area contributed by atoms with Crippen LogP contribution in [0.4, 0.5) is 10.2 Å². The summed E-state index contributed by atoms with van der Waals surface area (Å²) in [4.78, 5) is 13.9. The number of aliphatic imine (C=N–C) groups is 1. The fourth-order valence-electron chi connectivity index (χ4n) is 4.50. The number of nitrogens with zero attached hydrogens (tertiary/aromatic N) is 5. The number of benzene rings is 1. The monoisotopic (exact) mass is 502 g/mol. The van der Waals surface area contributed by atoms with Gasteiger partial charge in [-0.2, -0.15) is 0 Å². The molecule has 0 amide bonds. The number of sulfonamides is 1. The Hall–Kier alpha value is -2.76. The normalized spacial score (nSPS) is 23.4. The van der Waals surface area contributed by atoms with E-state index in [1.807, 2.05) is 24.4 Å². The zero-order valence-corrected chi connectivity index (χ0v) is 21.0. The number of hydrogen-bond donors (Lipinski definition) is 1. The highest BCUT2D eigenvalue weighted by Crippen LogP contribution is 2.44. The summed E-state index contributed by atoms with van der Waals surface area (Å²) in [6.45, 7) is 5.47. The molecule has 0 saturated carbocycles. The van der Waals surface area contributed by atoms with Crippen LogP contribution in [0, 0.1) is 5.82 Å². The molecule has 180 valence electrons. The van der Waals surface area contributed by atoms with E-state index in [2.05, 4.69) is 26.8 Å². The summed E-state index contributed by atoms with van der Waals surface area (Å²) in [6, 6.07) is 9.45. The lowest BCUT2D eigenvalue weighted by atomic mass is 10.0. The second-order valence-electron chi connectivity index (χ2n) is 9.09. The smallest absolute Gasteiger partial charge is 0.239 e. The van der Waals surface area contributed by atoms with Crippen LogP contribution in [0.3, 0.4) is 0 Å². The van der Waals surface area contributed by atoms with E-state index in [0.29, 0.717) is 5.39 Å². The highest BCUT2D eigenvalue weighted by Gasteiger charge is 2.43. The number of nitrogens with two attached hydrogens (primary N) is 1. The molecular formula is C23H27FN6O2S2. The van der Waals surface area contributed by atoms with Crippen molar-refractivity contribution < 1.29 is 12.8 Å². The molecule has 4 heterocycles. The van der Waals surface area contributed by atoms with E-state index in [0.717, 1.165) is 52.1 Å². The molecule has 0 spiro atoms. The Morgan fingerprint density at radius 2 is 1.85 bits per heavy atom. The first-order valence-electron chi connectivity index (χ1n) is 11.0. The lowest BCUT2D eigenvalue weighted by Crippen LogP contribution is -2.50. The second kappa shape index (κ2) is 8.17. The van der Waals surface area contributed by atoms with E-state index in [1.165, 1.54) is 18.4 Å². The topological polar surface area (TPSA) is 95.1 Å². The average Bonchev–Trinajstić information content (AvgIpc) is 3.15. The first-order valence-corrected chi connectivity index (χ1v) is 13.4. The molecule has 5 rings (SSSR count). The first kappa shape index (κ1) is 23.0.